The minimum atomic E-state index is -0.974. The van der Waals surface area contributed by atoms with Crippen molar-refractivity contribution >= 4 is 16.9 Å². The molecule has 1 atom stereocenters. The number of likely N-dealkylation sites (N-methyl/N-ethyl adjacent to an activating group) is 1. The van der Waals surface area contributed by atoms with Crippen LogP contribution in [0.25, 0.3) is 11.0 Å². The summed E-state index contributed by atoms with van der Waals surface area (Å²) >= 11 is 0. The van der Waals surface area contributed by atoms with Gasteiger partial charge in [-0.3, -0.25) is 4.79 Å². The Morgan fingerprint density at radius 2 is 2.18 bits per heavy atom. The van der Waals surface area contributed by atoms with Crippen molar-refractivity contribution in [3.05, 3.63) is 36.1 Å². The van der Waals surface area contributed by atoms with Crippen molar-refractivity contribution in [2.45, 2.75) is 19.6 Å². The summed E-state index contributed by atoms with van der Waals surface area (Å²) in [7, 11) is 1.66. The first-order valence-corrected chi connectivity index (χ1v) is 5.47. The van der Waals surface area contributed by atoms with Crippen LogP contribution in [0, 0.1) is 0 Å². The number of amides is 1. The van der Waals surface area contributed by atoms with E-state index in [0.717, 1.165) is 16.5 Å². The molecule has 1 heterocycles. The zero-order chi connectivity index (χ0) is 12.4. The smallest absolute Gasteiger partial charge is 0.251 e. The van der Waals surface area contributed by atoms with Crippen LogP contribution in [0.15, 0.2) is 34.9 Å². The molecule has 0 saturated carbocycles. The van der Waals surface area contributed by atoms with E-state index in [0.29, 0.717) is 6.54 Å². The van der Waals surface area contributed by atoms with Crippen LogP contribution in [0.4, 0.5) is 0 Å². The highest BCUT2D eigenvalue weighted by Gasteiger charge is 2.16. The van der Waals surface area contributed by atoms with Gasteiger partial charge < -0.3 is 14.4 Å². The largest absolute Gasteiger partial charge is 0.464 e. The van der Waals surface area contributed by atoms with Crippen LogP contribution in [0.3, 0.4) is 0 Å². The molecular formula is C13H15NO3. The van der Waals surface area contributed by atoms with E-state index >= 15 is 0 Å². The standard InChI is InChI=1S/C13H15NO3/c1-9(15)13(16)14(2)7-10-8-17-12-6-4-3-5-11(10)12/h3-6,8-9,15H,7H2,1-2H3. The van der Waals surface area contributed by atoms with Crippen LogP contribution in [0.5, 0.6) is 0 Å². The summed E-state index contributed by atoms with van der Waals surface area (Å²) in [6.07, 6.45) is 0.675. The van der Waals surface area contributed by atoms with Crippen molar-refractivity contribution in [3.63, 3.8) is 0 Å². The van der Waals surface area contributed by atoms with E-state index in [1.165, 1.54) is 11.8 Å². The molecule has 4 heteroatoms. The van der Waals surface area contributed by atoms with Gasteiger partial charge in [0.15, 0.2) is 0 Å². The van der Waals surface area contributed by atoms with Gasteiger partial charge >= 0.3 is 0 Å². The van der Waals surface area contributed by atoms with Gasteiger partial charge in [-0.25, -0.2) is 0 Å². The number of nitrogens with zero attached hydrogens (tertiary/aromatic N) is 1. The van der Waals surface area contributed by atoms with E-state index in [9.17, 15) is 9.90 Å². The van der Waals surface area contributed by atoms with Crippen molar-refractivity contribution in [2.75, 3.05) is 7.05 Å². The summed E-state index contributed by atoms with van der Waals surface area (Å²) in [5.41, 5.74) is 1.75. The predicted octanol–water partition coefficient (Wildman–Crippen LogP) is 1.77. The van der Waals surface area contributed by atoms with Crippen LogP contribution in [0.1, 0.15) is 12.5 Å². The highest BCUT2D eigenvalue weighted by molar-refractivity contribution is 5.83. The predicted molar refractivity (Wildman–Crippen MR) is 64.4 cm³/mol. The third-order valence-electron chi connectivity index (χ3n) is 2.70. The van der Waals surface area contributed by atoms with Gasteiger partial charge in [0.05, 0.1) is 6.26 Å². The van der Waals surface area contributed by atoms with Crippen molar-refractivity contribution in [3.8, 4) is 0 Å². The molecule has 0 radical (unpaired) electrons. The molecule has 1 amide bonds. The maximum Gasteiger partial charge on any atom is 0.251 e. The average molecular weight is 233 g/mol. The summed E-state index contributed by atoms with van der Waals surface area (Å²) < 4.78 is 5.39. The lowest BCUT2D eigenvalue weighted by atomic mass is 10.1. The molecule has 2 aromatic rings. The van der Waals surface area contributed by atoms with Gasteiger partial charge in [-0.2, -0.15) is 0 Å². The molecular weight excluding hydrogens is 218 g/mol. The SMILES string of the molecule is CC(O)C(=O)N(C)Cc1coc2ccccc12. The first-order valence-electron chi connectivity index (χ1n) is 5.47. The van der Waals surface area contributed by atoms with Gasteiger partial charge in [0.1, 0.15) is 11.7 Å². The number of fused-ring (bicyclic) bond motifs is 1. The number of aliphatic hydroxyl groups excluding tert-OH is 1. The zero-order valence-electron chi connectivity index (χ0n) is 9.88. The van der Waals surface area contributed by atoms with Crippen LogP contribution >= 0.6 is 0 Å². The molecule has 0 bridgehead atoms. The number of carbonyl (C=O) groups excluding carboxylic acids is 1. The van der Waals surface area contributed by atoms with E-state index in [4.69, 9.17) is 4.42 Å². The van der Waals surface area contributed by atoms with Gasteiger partial charge in [-0.1, -0.05) is 18.2 Å². The van der Waals surface area contributed by atoms with Crippen molar-refractivity contribution in [1.82, 2.24) is 4.90 Å². The van der Waals surface area contributed by atoms with Gasteiger partial charge in [-0.05, 0) is 13.0 Å². The van der Waals surface area contributed by atoms with Crippen LogP contribution in [-0.2, 0) is 11.3 Å². The van der Waals surface area contributed by atoms with E-state index < -0.39 is 6.10 Å². The third kappa shape index (κ3) is 2.31. The summed E-state index contributed by atoms with van der Waals surface area (Å²) in [6, 6.07) is 7.67. The van der Waals surface area contributed by atoms with Gasteiger partial charge in [0.2, 0.25) is 0 Å². The van der Waals surface area contributed by atoms with E-state index in [2.05, 4.69) is 0 Å². The monoisotopic (exact) mass is 233 g/mol. The lowest BCUT2D eigenvalue weighted by molar-refractivity contribution is -0.138. The maximum atomic E-state index is 11.6. The Kier molecular flexibility index (Phi) is 3.15. The number of rotatable bonds is 3. The molecule has 0 aliphatic carbocycles. The molecule has 1 unspecified atom stereocenters. The number of furan rings is 1. The van der Waals surface area contributed by atoms with Gasteiger partial charge in [0.25, 0.3) is 5.91 Å². The van der Waals surface area contributed by atoms with Crippen molar-refractivity contribution in [2.24, 2.45) is 0 Å². The summed E-state index contributed by atoms with van der Waals surface area (Å²) in [5, 5.41) is 10.2. The van der Waals surface area contributed by atoms with Crippen molar-refractivity contribution < 1.29 is 14.3 Å². The molecule has 1 N–H and O–H groups in total. The van der Waals surface area contributed by atoms with E-state index in [1.54, 1.807) is 13.3 Å². The molecule has 1 aromatic carbocycles. The fourth-order valence-electron chi connectivity index (χ4n) is 1.81. The summed E-state index contributed by atoms with van der Waals surface area (Å²) in [5.74, 6) is -0.296. The minimum Gasteiger partial charge on any atom is -0.464 e. The molecule has 1 aromatic heterocycles. The second-order valence-corrected chi connectivity index (χ2v) is 4.13. The highest BCUT2D eigenvalue weighted by atomic mass is 16.3. The zero-order valence-corrected chi connectivity index (χ0v) is 9.88. The topological polar surface area (TPSA) is 53.7 Å². The molecule has 0 saturated heterocycles. The quantitative estimate of drug-likeness (QED) is 0.879. The first-order chi connectivity index (χ1) is 8.09. The summed E-state index contributed by atoms with van der Waals surface area (Å²) in [4.78, 5) is 13.0. The van der Waals surface area contributed by atoms with Crippen LogP contribution in [0.2, 0.25) is 0 Å². The molecule has 0 spiro atoms. The second-order valence-electron chi connectivity index (χ2n) is 4.13. The van der Waals surface area contributed by atoms with E-state index in [1.807, 2.05) is 24.3 Å². The van der Waals surface area contributed by atoms with Crippen molar-refractivity contribution in [1.29, 1.82) is 0 Å². The Hall–Kier alpha value is -1.81. The van der Waals surface area contributed by atoms with Gasteiger partial charge in [0, 0.05) is 24.5 Å². The number of hydrogen-bond donors (Lipinski definition) is 1. The van der Waals surface area contributed by atoms with Crippen LogP contribution in [-0.4, -0.2) is 29.1 Å². The molecule has 0 aliphatic rings. The Morgan fingerprint density at radius 1 is 1.47 bits per heavy atom. The average Bonchev–Trinajstić information content (AvgIpc) is 2.71. The van der Waals surface area contributed by atoms with E-state index in [-0.39, 0.29) is 5.91 Å². The Balaban J connectivity index is 2.21. The number of carbonyl (C=O) groups is 1. The lowest BCUT2D eigenvalue weighted by Crippen LogP contribution is -2.34. The summed E-state index contributed by atoms with van der Waals surface area (Å²) in [6.45, 7) is 1.90. The fraction of sp³-hybridized carbons (Fsp3) is 0.308. The third-order valence-corrected chi connectivity index (χ3v) is 2.70. The van der Waals surface area contributed by atoms with Gasteiger partial charge in [-0.15, -0.1) is 0 Å². The molecule has 0 aliphatic heterocycles. The number of benzene rings is 1. The Bertz CT molecular complexity index is 530. The number of hydrogen-bond acceptors (Lipinski definition) is 3. The molecule has 0 fully saturated rings. The second kappa shape index (κ2) is 4.59. The molecule has 90 valence electrons. The normalized spacial score (nSPS) is 12.6. The Morgan fingerprint density at radius 3 is 2.88 bits per heavy atom. The number of aliphatic hydroxyl groups is 1. The number of para-hydroxylation sites is 1. The molecule has 17 heavy (non-hydrogen) atoms. The first kappa shape index (κ1) is 11.7. The lowest BCUT2D eigenvalue weighted by Gasteiger charge is -2.17. The maximum absolute atomic E-state index is 11.6. The fourth-order valence-corrected chi connectivity index (χ4v) is 1.81. The Labute approximate surface area is 99.4 Å². The highest BCUT2D eigenvalue weighted by Crippen LogP contribution is 2.21. The minimum absolute atomic E-state index is 0.296. The molecule has 2 rings (SSSR count). The molecule has 4 nitrogen and oxygen atoms in total. The van der Waals surface area contributed by atoms with Crippen LogP contribution < -0.4 is 0 Å².